The summed E-state index contributed by atoms with van der Waals surface area (Å²) in [5, 5.41) is 3.52. The third-order valence-corrected chi connectivity index (χ3v) is 4.15. The summed E-state index contributed by atoms with van der Waals surface area (Å²) >= 11 is 0. The minimum absolute atomic E-state index is 0.0463. The number of nitrogens with zero attached hydrogens (tertiary/aromatic N) is 3. The molecule has 0 fully saturated rings. The predicted octanol–water partition coefficient (Wildman–Crippen LogP) is 4.93. The molecule has 0 saturated carbocycles. The SMILES string of the molecule is Cc1ccc2c(Nc3cc(OCc4ccccc4)c(F)cc3F)ncnc2n1. The van der Waals surface area contributed by atoms with Crippen LogP contribution >= 0.6 is 0 Å². The van der Waals surface area contributed by atoms with E-state index in [9.17, 15) is 8.78 Å². The highest BCUT2D eigenvalue weighted by atomic mass is 19.1. The number of benzene rings is 2. The Morgan fingerprint density at radius 3 is 2.61 bits per heavy atom. The second-order valence-corrected chi connectivity index (χ2v) is 6.21. The van der Waals surface area contributed by atoms with E-state index in [1.165, 1.54) is 12.4 Å². The lowest BCUT2D eigenvalue weighted by Crippen LogP contribution is -2.02. The number of rotatable bonds is 5. The summed E-state index contributed by atoms with van der Waals surface area (Å²) < 4.78 is 34.0. The fraction of sp³-hybridized carbons (Fsp3) is 0.0952. The Kier molecular flexibility index (Phi) is 4.80. The first-order valence-electron chi connectivity index (χ1n) is 8.61. The van der Waals surface area contributed by atoms with Gasteiger partial charge in [0.25, 0.3) is 0 Å². The van der Waals surface area contributed by atoms with Crippen LogP contribution in [0.2, 0.25) is 0 Å². The number of hydrogen-bond acceptors (Lipinski definition) is 5. The van der Waals surface area contributed by atoms with Crippen molar-refractivity contribution in [3.63, 3.8) is 0 Å². The lowest BCUT2D eigenvalue weighted by molar-refractivity contribution is 0.289. The van der Waals surface area contributed by atoms with Crippen molar-refractivity contribution in [3.8, 4) is 5.75 Å². The van der Waals surface area contributed by atoms with Crippen LogP contribution in [0.15, 0.2) is 60.9 Å². The molecule has 140 valence electrons. The Labute approximate surface area is 160 Å². The topological polar surface area (TPSA) is 59.9 Å². The maximum atomic E-state index is 14.3. The lowest BCUT2D eigenvalue weighted by atomic mass is 10.2. The van der Waals surface area contributed by atoms with Crippen LogP contribution in [0.1, 0.15) is 11.3 Å². The van der Waals surface area contributed by atoms with Crippen molar-refractivity contribution in [1.82, 2.24) is 15.0 Å². The molecule has 0 radical (unpaired) electrons. The zero-order valence-corrected chi connectivity index (χ0v) is 15.0. The maximum absolute atomic E-state index is 14.3. The molecule has 0 aliphatic rings. The van der Waals surface area contributed by atoms with Crippen molar-refractivity contribution in [1.29, 1.82) is 0 Å². The maximum Gasteiger partial charge on any atom is 0.168 e. The first-order valence-corrected chi connectivity index (χ1v) is 8.61. The van der Waals surface area contributed by atoms with E-state index in [0.717, 1.165) is 17.3 Å². The second-order valence-electron chi connectivity index (χ2n) is 6.21. The third-order valence-electron chi connectivity index (χ3n) is 4.15. The zero-order valence-electron chi connectivity index (χ0n) is 15.0. The normalized spacial score (nSPS) is 10.8. The van der Waals surface area contributed by atoms with E-state index in [2.05, 4.69) is 20.3 Å². The fourth-order valence-corrected chi connectivity index (χ4v) is 2.74. The van der Waals surface area contributed by atoms with Crippen molar-refractivity contribution in [2.45, 2.75) is 13.5 Å². The molecule has 0 bridgehead atoms. The van der Waals surface area contributed by atoms with Gasteiger partial charge in [-0.2, -0.15) is 0 Å². The number of aryl methyl sites for hydroxylation is 1. The van der Waals surface area contributed by atoms with Gasteiger partial charge in [0.2, 0.25) is 0 Å². The van der Waals surface area contributed by atoms with E-state index >= 15 is 0 Å². The number of hydrogen-bond donors (Lipinski definition) is 1. The van der Waals surface area contributed by atoms with Gasteiger partial charge in [0, 0.05) is 17.8 Å². The smallest absolute Gasteiger partial charge is 0.168 e. The highest BCUT2D eigenvalue weighted by Crippen LogP contribution is 2.29. The molecule has 0 spiro atoms. The van der Waals surface area contributed by atoms with Crippen LogP contribution in [0.25, 0.3) is 11.0 Å². The van der Waals surface area contributed by atoms with Crippen LogP contribution in [0.3, 0.4) is 0 Å². The Balaban J connectivity index is 1.63. The summed E-state index contributed by atoms with van der Waals surface area (Å²) in [5.74, 6) is -1.21. The molecular formula is C21H16F2N4O. The number of anilines is 2. The first-order chi connectivity index (χ1) is 13.6. The van der Waals surface area contributed by atoms with E-state index in [1.807, 2.05) is 43.3 Å². The highest BCUT2D eigenvalue weighted by Gasteiger charge is 2.14. The average Bonchev–Trinajstić information content (AvgIpc) is 2.70. The monoisotopic (exact) mass is 378 g/mol. The molecule has 2 aromatic heterocycles. The van der Waals surface area contributed by atoms with E-state index in [0.29, 0.717) is 16.9 Å². The molecule has 0 amide bonds. The second kappa shape index (κ2) is 7.56. The van der Waals surface area contributed by atoms with Crippen molar-refractivity contribution in [2.24, 2.45) is 0 Å². The Morgan fingerprint density at radius 2 is 1.79 bits per heavy atom. The minimum atomic E-state index is -0.774. The van der Waals surface area contributed by atoms with Crippen molar-refractivity contribution in [3.05, 3.63) is 83.8 Å². The zero-order chi connectivity index (χ0) is 19.5. The van der Waals surface area contributed by atoms with Gasteiger partial charge in [-0.15, -0.1) is 0 Å². The molecule has 4 aromatic rings. The summed E-state index contributed by atoms with van der Waals surface area (Å²) in [5.41, 5.74) is 2.22. The number of pyridine rings is 1. The third kappa shape index (κ3) is 3.73. The number of halogens is 2. The molecule has 0 atom stereocenters. The van der Waals surface area contributed by atoms with Crippen molar-refractivity contribution in [2.75, 3.05) is 5.32 Å². The Morgan fingerprint density at radius 1 is 0.964 bits per heavy atom. The molecule has 0 saturated heterocycles. The molecule has 4 rings (SSSR count). The first kappa shape index (κ1) is 17.8. The van der Waals surface area contributed by atoms with E-state index in [1.54, 1.807) is 6.07 Å². The van der Waals surface area contributed by atoms with Crippen LogP contribution in [0.4, 0.5) is 20.3 Å². The molecule has 2 aromatic carbocycles. The summed E-state index contributed by atoms with van der Waals surface area (Å²) in [6.45, 7) is 2.02. The van der Waals surface area contributed by atoms with E-state index < -0.39 is 11.6 Å². The lowest BCUT2D eigenvalue weighted by Gasteiger charge is -2.12. The predicted molar refractivity (Wildman–Crippen MR) is 102 cm³/mol. The Hall–Kier alpha value is -3.61. The molecule has 1 N–H and O–H groups in total. The summed E-state index contributed by atoms with van der Waals surface area (Å²) in [6, 6.07) is 15.0. The van der Waals surface area contributed by atoms with Gasteiger partial charge in [0.15, 0.2) is 17.2 Å². The molecule has 7 heteroatoms. The van der Waals surface area contributed by atoms with E-state index in [4.69, 9.17) is 4.74 Å². The number of aromatic nitrogens is 3. The van der Waals surface area contributed by atoms with Crippen LogP contribution in [0.5, 0.6) is 5.75 Å². The molecule has 2 heterocycles. The van der Waals surface area contributed by atoms with Gasteiger partial charge in [-0.05, 0) is 24.6 Å². The van der Waals surface area contributed by atoms with Gasteiger partial charge in [-0.3, -0.25) is 0 Å². The molecule has 0 aliphatic carbocycles. The van der Waals surface area contributed by atoms with Gasteiger partial charge < -0.3 is 10.1 Å². The standard InChI is InChI=1S/C21H16F2N4O/c1-13-7-8-15-20(26-13)24-12-25-21(15)27-18-10-19(17(23)9-16(18)22)28-11-14-5-3-2-4-6-14/h2-10,12H,11H2,1H3,(H,24,25,26,27). The fourth-order valence-electron chi connectivity index (χ4n) is 2.74. The van der Waals surface area contributed by atoms with Gasteiger partial charge >= 0.3 is 0 Å². The van der Waals surface area contributed by atoms with Gasteiger partial charge in [0.05, 0.1) is 11.1 Å². The van der Waals surface area contributed by atoms with Gasteiger partial charge in [-0.25, -0.2) is 23.7 Å². The summed E-state index contributed by atoms with van der Waals surface area (Å²) in [4.78, 5) is 12.6. The van der Waals surface area contributed by atoms with E-state index in [-0.39, 0.29) is 18.0 Å². The molecule has 0 aliphatic heterocycles. The van der Waals surface area contributed by atoms with Crippen LogP contribution in [0, 0.1) is 18.6 Å². The minimum Gasteiger partial charge on any atom is -0.486 e. The highest BCUT2D eigenvalue weighted by molar-refractivity contribution is 5.88. The molecule has 5 nitrogen and oxygen atoms in total. The average molecular weight is 378 g/mol. The quantitative estimate of drug-likeness (QED) is 0.533. The van der Waals surface area contributed by atoms with Crippen LogP contribution < -0.4 is 10.1 Å². The van der Waals surface area contributed by atoms with Crippen molar-refractivity contribution >= 4 is 22.5 Å². The largest absolute Gasteiger partial charge is 0.486 e. The Bertz CT molecular complexity index is 1140. The van der Waals surface area contributed by atoms with Gasteiger partial charge in [0.1, 0.15) is 24.6 Å². The summed E-state index contributed by atoms with van der Waals surface area (Å²) in [7, 11) is 0. The number of fused-ring (bicyclic) bond motifs is 1. The van der Waals surface area contributed by atoms with Crippen LogP contribution in [-0.2, 0) is 6.61 Å². The molecular weight excluding hydrogens is 362 g/mol. The number of nitrogens with one attached hydrogen (secondary N) is 1. The molecule has 0 unspecified atom stereocenters. The number of ether oxygens (including phenoxy) is 1. The molecule has 28 heavy (non-hydrogen) atoms. The van der Waals surface area contributed by atoms with Crippen LogP contribution in [-0.4, -0.2) is 15.0 Å². The van der Waals surface area contributed by atoms with Crippen molar-refractivity contribution < 1.29 is 13.5 Å². The van der Waals surface area contributed by atoms with Gasteiger partial charge in [-0.1, -0.05) is 30.3 Å². The summed E-state index contributed by atoms with van der Waals surface area (Å²) in [6.07, 6.45) is 1.34.